The highest BCUT2D eigenvalue weighted by Crippen LogP contribution is 2.40. The topological polar surface area (TPSA) is 54.0 Å². The third kappa shape index (κ3) is 32.7. The summed E-state index contributed by atoms with van der Waals surface area (Å²) < 4.78 is 26.1. The van der Waals surface area contributed by atoms with Crippen molar-refractivity contribution in [1.29, 1.82) is 0 Å². The average molecular weight is 1120 g/mol. The van der Waals surface area contributed by atoms with Gasteiger partial charge in [0.25, 0.3) is 0 Å². The van der Waals surface area contributed by atoms with Crippen molar-refractivity contribution in [3.8, 4) is 17.2 Å². The molecule has 0 bridgehead atoms. The van der Waals surface area contributed by atoms with Crippen LogP contribution in [0, 0.1) is 0 Å². The van der Waals surface area contributed by atoms with Gasteiger partial charge >= 0.3 is 5.97 Å². The Morgan fingerprint density at radius 1 is 0.325 bits per heavy atom. The van der Waals surface area contributed by atoms with Crippen LogP contribution in [0.2, 0.25) is 0 Å². The normalized spacial score (nSPS) is 11.4. The van der Waals surface area contributed by atoms with E-state index >= 15 is 0 Å². The number of hydrogen-bond acceptors (Lipinski definition) is 5. The van der Waals surface area contributed by atoms with Gasteiger partial charge in [0.15, 0.2) is 11.5 Å². The maximum Gasteiger partial charge on any atom is 0.338 e. The average Bonchev–Trinajstić information content (AvgIpc) is 3.50. The standard InChI is InChI=1S/C74H117O5P/c1-4-7-10-13-16-19-22-25-28-31-34-37-40-49-60-76-71-63-67(74(75)79-65-66-56-58-70(59-57-66)80(68-52-45-43-46-53-68)69-54-47-44-48-55-69)64-72(77-61-50-41-38-35-32-29-26-23-20-17-14-11-8-5-2)73(71)78-62-51-42-39-36-33-30-27-24-21-18-15-12-9-6-3/h43-48,52-59,63-64H,4-42,49-51,60-62,65H2,1-3H3. The second kappa shape index (κ2) is 48.7. The minimum atomic E-state index is -0.721. The van der Waals surface area contributed by atoms with Crippen molar-refractivity contribution >= 4 is 29.8 Å². The SMILES string of the molecule is CCCCCCCCCCCCCCCCOc1cc(C(=O)OCc2ccc(P(c3ccccc3)c3ccccc3)cc2)cc(OCCCCCCCCCCCCCCCC)c1OCCCCCCCCCCCCCCCC. The molecule has 0 atom stereocenters. The number of carbonyl (C=O) groups is 1. The molecule has 0 fully saturated rings. The molecule has 0 unspecified atom stereocenters. The highest BCUT2D eigenvalue weighted by Gasteiger charge is 2.21. The second-order valence-corrected chi connectivity index (χ2v) is 25.6. The van der Waals surface area contributed by atoms with Crippen molar-refractivity contribution in [2.24, 2.45) is 0 Å². The Kier molecular flexibility index (Phi) is 41.8. The van der Waals surface area contributed by atoms with Gasteiger partial charge in [-0.25, -0.2) is 4.79 Å². The smallest absolute Gasteiger partial charge is 0.338 e. The van der Waals surface area contributed by atoms with Crippen molar-refractivity contribution < 1.29 is 23.7 Å². The number of ether oxygens (including phenoxy) is 4. The number of carbonyl (C=O) groups excluding carboxylic acids is 1. The van der Waals surface area contributed by atoms with E-state index in [4.69, 9.17) is 18.9 Å². The summed E-state index contributed by atoms with van der Waals surface area (Å²) in [5, 5.41) is 3.88. The lowest BCUT2D eigenvalue weighted by atomic mass is 10.0. The van der Waals surface area contributed by atoms with Crippen LogP contribution < -0.4 is 30.1 Å². The minimum absolute atomic E-state index is 0.176. The summed E-state index contributed by atoms with van der Waals surface area (Å²) >= 11 is 0. The van der Waals surface area contributed by atoms with Crippen molar-refractivity contribution in [3.05, 3.63) is 108 Å². The van der Waals surface area contributed by atoms with Crippen LogP contribution in [0.5, 0.6) is 17.2 Å². The Balaban J connectivity index is 1.37. The van der Waals surface area contributed by atoms with E-state index in [0.717, 1.165) is 44.1 Å². The van der Waals surface area contributed by atoms with Crippen LogP contribution in [-0.4, -0.2) is 25.8 Å². The first-order valence-electron chi connectivity index (χ1n) is 33.9. The number of hydrogen-bond donors (Lipinski definition) is 0. The molecule has 448 valence electrons. The first kappa shape index (κ1) is 68.7. The molecule has 0 aromatic heterocycles. The molecule has 0 heterocycles. The number of benzene rings is 4. The monoisotopic (exact) mass is 1120 g/mol. The van der Waals surface area contributed by atoms with E-state index < -0.39 is 7.92 Å². The summed E-state index contributed by atoms with van der Waals surface area (Å²) in [6.45, 7) is 8.81. The quantitative estimate of drug-likeness (QED) is 0.0251. The molecule has 4 aromatic carbocycles. The summed E-state index contributed by atoms with van der Waals surface area (Å²) in [4.78, 5) is 14.1. The fraction of sp³-hybridized carbons (Fsp3) is 0.662. The Bertz CT molecular complexity index is 1930. The van der Waals surface area contributed by atoms with Crippen LogP contribution in [0.4, 0.5) is 0 Å². The predicted octanol–water partition coefficient (Wildman–Crippen LogP) is 22.4. The van der Waals surface area contributed by atoms with Gasteiger partial charge in [0, 0.05) is 0 Å². The van der Waals surface area contributed by atoms with E-state index in [9.17, 15) is 4.79 Å². The van der Waals surface area contributed by atoms with E-state index in [1.165, 1.54) is 247 Å². The maximum atomic E-state index is 14.1. The first-order chi connectivity index (χ1) is 39.6. The summed E-state index contributed by atoms with van der Waals surface area (Å²) in [7, 11) is -0.721. The minimum Gasteiger partial charge on any atom is -0.490 e. The van der Waals surface area contributed by atoms with Gasteiger partial charge in [0.05, 0.1) is 25.4 Å². The molecule has 0 aliphatic heterocycles. The molecule has 0 spiro atoms. The van der Waals surface area contributed by atoms with Gasteiger partial charge in [0.2, 0.25) is 5.75 Å². The summed E-state index contributed by atoms with van der Waals surface area (Å²) in [6, 6.07) is 33.8. The Labute approximate surface area is 493 Å². The Hall–Kier alpha value is -3.82. The molecule has 0 aliphatic carbocycles. The number of unbranched alkanes of at least 4 members (excludes halogenated alkanes) is 39. The largest absolute Gasteiger partial charge is 0.490 e. The van der Waals surface area contributed by atoms with Crippen molar-refractivity contribution in [2.45, 2.75) is 297 Å². The van der Waals surface area contributed by atoms with Crippen molar-refractivity contribution in [2.75, 3.05) is 19.8 Å². The number of rotatable bonds is 54. The first-order valence-corrected chi connectivity index (χ1v) is 35.2. The number of esters is 1. The Morgan fingerprint density at radius 2 is 0.600 bits per heavy atom. The van der Waals surface area contributed by atoms with Gasteiger partial charge in [-0.2, -0.15) is 0 Å². The van der Waals surface area contributed by atoms with Crippen LogP contribution in [0.1, 0.15) is 306 Å². The van der Waals surface area contributed by atoms with E-state index in [0.29, 0.717) is 42.6 Å². The lowest BCUT2D eigenvalue weighted by molar-refractivity contribution is 0.0471. The molecule has 4 aromatic rings. The summed E-state index contributed by atoms with van der Waals surface area (Å²) in [5.74, 6) is 1.44. The van der Waals surface area contributed by atoms with Gasteiger partial charge in [-0.3, -0.25) is 0 Å². The summed E-state index contributed by atoms with van der Waals surface area (Å²) in [5.41, 5.74) is 1.39. The molecule has 0 saturated carbocycles. The molecule has 0 saturated heterocycles. The van der Waals surface area contributed by atoms with Gasteiger partial charge < -0.3 is 18.9 Å². The predicted molar refractivity (Wildman–Crippen MR) is 348 cm³/mol. The van der Waals surface area contributed by atoms with Gasteiger partial charge in [0.1, 0.15) is 6.61 Å². The molecule has 5 nitrogen and oxygen atoms in total. The fourth-order valence-electron chi connectivity index (χ4n) is 11.1. The zero-order chi connectivity index (χ0) is 56.4. The third-order valence-electron chi connectivity index (χ3n) is 16.1. The van der Waals surface area contributed by atoms with Crippen LogP contribution >= 0.6 is 7.92 Å². The molecular formula is C74H117O5P. The van der Waals surface area contributed by atoms with Crippen LogP contribution in [0.15, 0.2) is 97.1 Å². The maximum absolute atomic E-state index is 14.1. The molecule has 0 N–H and O–H groups in total. The van der Waals surface area contributed by atoms with Gasteiger partial charge in [-0.15, -0.1) is 0 Å². The zero-order valence-electron chi connectivity index (χ0n) is 51.8. The highest BCUT2D eigenvalue weighted by atomic mass is 31.1. The molecule has 0 aliphatic rings. The van der Waals surface area contributed by atoms with Crippen LogP contribution in [0.25, 0.3) is 0 Å². The molecule has 0 amide bonds. The van der Waals surface area contributed by atoms with Crippen LogP contribution in [0.3, 0.4) is 0 Å². The van der Waals surface area contributed by atoms with E-state index in [1.54, 1.807) is 0 Å². The molecule has 6 heteroatoms. The van der Waals surface area contributed by atoms with E-state index in [2.05, 4.69) is 106 Å². The second-order valence-electron chi connectivity index (χ2n) is 23.4. The summed E-state index contributed by atoms with van der Waals surface area (Å²) in [6.07, 6.45) is 55.2. The lowest BCUT2D eigenvalue weighted by Crippen LogP contribution is -2.20. The molecule has 80 heavy (non-hydrogen) atoms. The molecule has 0 radical (unpaired) electrons. The van der Waals surface area contributed by atoms with Crippen molar-refractivity contribution in [1.82, 2.24) is 0 Å². The fourth-order valence-corrected chi connectivity index (χ4v) is 13.3. The van der Waals surface area contributed by atoms with Crippen LogP contribution in [-0.2, 0) is 11.3 Å². The van der Waals surface area contributed by atoms with E-state index in [-0.39, 0.29) is 12.6 Å². The Morgan fingerprint density at radius 3 is 0.912 bits per heavy atom. The molecular weight excluding hydrogens is 1000 g/mol. The van der Waals surface area contributed by atoms with Crippen molar-refractivity contribution in [3.63, 3.8) is 0 Å². The van der Waals surface area contributed by atoms with Gasteiger partial charge in [-0.1, -0.05) is 356 Å². The van der Waals surface area contributed by atoms with E-state index in [1.807, 2.05) is 12.1 Å². The zero-order valence-corrected chi connectivity index (χ0v) is 52.6. The lowest BCUT2D eigenvalue weighted by Gasteiger charge is -2.20. The van der Waals surface area contributed by atoms with Gasteiger partial charge in [-0.05, 0) is 60.8 Å². The third-order valence-corrected chi connectivity index (χ3v) is 18.5. The highest BCUT2D eigenvalue weighted by molar-refractivity contribution is 7.79. The molecule has 4 rings (SSSR count).